The number of benzene rings is 2. The Labute approximate surface area is 125 Å². The fraction of sp³-hybridized carbons (Fsp3) is 0.188. The number of hydrogen-bond acceptors (Lipinski definition) is 2. The van der Waals surface area contributed by atoms with Crippen LogP contribution >= 0.6 is 0 Å². The van der Waals surface area contributed by atoms with Crippen molar-refractivity contribution in [3.8, 4) is 5.75 Å². The Bertz CT molecular complexity index is 651. The smallest absolute Gasteiger partial charge is 0.416 e. The summed E-state index contributed by atoms with van der Waals surface area (Å²) in [6, 6.07) is 11.4. The van der Waals surface area contributed by atoms with Crippen LogP contribution in [0.15, 0.2) is 48.5 Å². The number of rotatable bonds is 4. The highest BCUT2D eigenvalue weighted by atomic mass is 19.4. The largest absolute Gasteiger partial charge is 0.484 e. The lowest BCUT2D eigenvalue weighted by Crippen LogP contribution is -2.20. The number of carbonyl (C=O) groups excluding carboxylic acids is 1. The molecule has 3 nitrogen and oxygen atoms in total. The highest BCUT2D eigenvalue weighted by Gasteiger charge is 2.29. The molecule has 2 aromatic carbocycles. The maximum Gasteiger partial charge on any atom is 0.416 e. The van der Waals surface area contributed by atoms with Gasteiger partial charge in [-0.1, -0.05) is 12.1 Å². The van der Waals surface area contributed by atoms with E-state index in [9.17, 15) is 18.0 Å². The number of aryl methyl sites for hydroxylation is 1. The van der Waals surface area contributed by atoms with E-state index in [1.54, 1.807) is 18.2 Å². The van der Waals surface area contributed by atoms with Gasteiger partial charge < -0.3 is 10.1 Å². The SMILES string of the molecule is Cc1cccc(OCC(=O)Nc2ccc(C(F)(F)F)cc2)c1. The van der Waals surface area contributed by atoms with Gasteiger partial charge in [-0.2, -0.15) is 13.2 Å². The van der Waals surface area contributed by atoms with Crippen LogP contribution in [0.2, 0.25) is 0 Å². The molecular formula is C16H14F3NO2. The molecule has 1 N–H and O–H groups in total. The molecule has 0 saturated carbocycles. The summed E-state index contributed by atoms with van der Waals surface area (Å²) in [4.78, 5) is 11.7. The van der Waals surface area contributed by atoms with Crippen molar-refractivity contribution in [1.82, 2.24) is 0 Å². The van der Waals surface area contributed by atoms with Gasteiger partial charge in [0.2, 0.25) is 0 Å². The number of carbonyl (C=O) groups is 1. The normalized spacial score (nSPS) is 11.1. The Morgan fingerprint density at radius 2 is 1.82 bits per heavy atom. The van der Waals surface area contributed by atoms with Crippen molar-refractivity contribution in [3.63, 3.8) is 0 Å². The first-order valence-corrected chi connectivity index (χ1v) is 6.51. The molecule has 0 radical (unpaired) electrons. The first kappa shape index (κ1) is 15.9. The summed E-state index contributed by atoms with van der Waals surface area (Å²) in [6.45, 7) is 1.68. The topological polar surface area (TPSA) is 38.3 Å². The van der Waals surface area contributed by atoms with Gasteiger partial charge in [0.25, 0.3) is 5.91 Å². The number of anilines is 1. The van der Waals surface area contributed by atoms with E-state index in [2.05, 4.69) is 5.32 Å². The lowest BCUT2D eigenvalue weighted by molar-refractivity contribution is -0.137. The van der Waals surface area contributed by atoms with Crippen LogP contribution in [0.4, 0.5) is 18.9 Å². The third kappa shape index (κ3) is 4.51. The van der Waals surface area contributed by atoms with E-state index >= 15 is 0 Å². The first-order chi connectivity index (χ1) is 10.3. The standard InChI is InChI=1S/C16H14F3NO2/c1-11-3-2-4-14(9-11)22-10-15(21)20-13-7-5-12(6-8-13)16(17,18)19/h2-9H,10H2,1H3,(H,20,21). The van der Waals surface area contributed by atoms with Gasteiger partial charge in [-0.25, -0.2) is 0 Å². The fourth-order valence-corrected chi connectivity index (χ4v) is 1.79. The first-order valence-electron chi connectivity index (χ1n) is 6.51. The van der Waals surface area contributed by atoms with E-state index in [-0.39, 0.29) is 12.3 Å². The Morgan fingerprint density at radius 1 is 1.14 bits per heavy atom. The van der Waals surface area contributed by atoms with Gasteiger partial charge in [0.05, 0.1) is 5.56 Å². The van der Waals surface area contributed by atoms with Crippen LogP contribution in [0.3, 0.4) is 0 Å². The summed E-state index contributed by atoms with van der Waals surface area (Å²) in [5.41, 5.74) is 0.521. The van der Waals surface area contributed by atoms with E-state index in [4.69, 9.17) is 4.74 Å². The second-order valence-electron chi connectivity index (χ2n) is 4.73. The van der Waals surface area contributed by atoms with E-state index < -0.39 is 17.6 Å². The average Bonchev–Trinajstić information content (AvgIpc) is 2.45. The number of halogens is 3. The molecule has 1 amide bonds. The maximum atomic E-state index is 12.4. The van der Waals surface area contributed by atoms with Crippen LogP contribution < -0.4 is 10.1 Å². The fourth-order valence-electron chi connectivity index (χ4n) is 1.79. The van der Waals surface area contributed by atoms with Gasteiger partial charge in [-0.3, -0.25) is 4.79 Å². The zero-order valence-electron chi connectivity index (χ0n) is 11.8. The molecule has 0 heterocycles. The van der Waals surface area contributed by atoms with Crippen molar-refractivity contribution in [3.05, 3.63) is 59.7 Å². The molecule has 0 bridgehead atoms. The second-order valence-corrected chi connectivity index (χ2v) is 4.73. The number of nitrogens with one attached hydrogen (secondary N) is 1. The minimum Gasteiger partial charge on any atom is -0.484 e. The molecule has 0 atom stereocenters. The number of amides is 1. The van der Waals surface area contributed by atoms with Crippen molar-refractivity contribution >= 4 is 11.6 Å². The maximum absolute atomic E-state index is 12.4. The molecule has 0 aliphatic carbocycles. The molecule has 2 aromatic rings. The number of alkyl halides is 3. The van der Waals surface area contributed by atoms with Gasteiger partial charge in [-0.15, -0.1) is 0 Å². The van der Waals surface area contributed by atoms with Gasteiger partial charge in [-0.05, 0) is 48.9 Å². The van der Waals surface area contributed by atoms with Crippen molar-refractivity contribution < 1.29 is 22.7 Å². The van der Waals surface area contributed by atoms with E-state index in [1.807, 2.05) is 13.0 Å². The van der Waals surface area contributed by atoms with Crippen LogP contribution in [-0.2, 0) is 11.0 Å². The van der Waals surface area contributed by atoms with Crippen molar-refractivity contribution in [2.75, 3.05) is 11.9 Å². The molecule has 6 heteroatoms. The van der Waals surface area contributed by atoms with Gasteiger partial charge in [0.15, 0.2) is 6.61 Å². The summed E-state index contributed by atoms with van der Waals surface area (Å²) in [7, 11) is 0. The lowest BCUT2D eigenvalue weighted by atomic mass is 10.2. The quantitative estimate of drug-likeness (QED) is 0.926. The second kappa shape index (κ2) is 6.51. The van der Waals surface area contributed by atoms with Crippen LogP contribution in [0.5, 0.6) is 5.75 Å². The molecular weight excluding hydrogens is 295 g/mol. The Hall–Kier alpha value is -2.50. The highest BCUT2D eigenvalue weighted by Crippen LogP contribution is 2.29. The summed E-state index contributed by atoms with van der Waals surface area (Å²) in [6.07, 6.45) is -4.39. The molecule has 0 spiro atoms. The van der Waals surface area contributed by atoms with E-state index in [0.717, 1.165) is 17.7 Å². The number of ether oxygens (including phenoxy) is 1. The van der Waals surface area contributed by atoms with E-state index in [1.165, 1.54) is 12.1 Å². The molecule has 0 unspecified atom stereocenters. The Morgan fingerprint density at radius 3 is 2.41 bits per heavy atom. The molecule has 116 valence electrons. The van der Waals surface area contributed by atoms with Crippen LogP contribution in [-0.4, -0.2) is 12.5 Å². The molecule has 22 heavy (non-hydrogen) atoms. The van der Waals surface area contributed by atoms with Crippen LogP contribution in [0, 0.1) is 6.92 Å². The zero-order valence-corrected chi connectivity index (χ0v) is 11.8. The number of hydrogen-bond donors (Lipinski definition) is 1. The molecule has 0 aromatic heterocycles. The predicted molar refractivity (Wildman–Crippen MR) is 76.7 cm³/mol. The molecule has 0 aliphatic heterocycles. The minimum atomic E-state index is -4.39. The van der Waals surface area contributed by atoms with Gasteiger partial charge in [0, 0.05) is 5.69 Å². The molecule has 0 saturated heterocycles. The molecule has 2 rings (SSSR count). The minimum absolute atomic E-state index is 0.218. The summed E-state index contributed by atoms with van der Waals surface area (Å²) < 4.78 is 42.6. The Balaban J connectivity index is 1.89. The molecule has 0 fully saturated rings. The van der Waals surface area contributed by atoms with Gasteiger partial charge in [0.1, 0.15) is 5.75 Å². The van der Waals surface area contributed by atoms with Crippen molar-refractivity contribution in [1.29, 1.82) is 0 Å². The van der Waals surface area contributed by atoms with Crippen molar-refractivity contribution in [2.45, 2.75) is 13.1 Å². The van der Waals surface area contributed by atoms with Crippen LogP contribution in [0.1, 0.15) is 11.1 Å². The monoisotopic (exact) mass is 309 g/mol. The van der Waals surface area contributed by atoms with Crippen LogP contribution in [0.25, 0.3) is 0 Å². The average molecular weight is 309 g/mol. The van der Waals surface area contributed by atoms with E-state index in [0.29, 0.717) is 5.75 Å². The van der Waals surface area contributed by atoms with Gasteiger partial charge >= 0.3 is 6.18 Å². The highest BCUT2D eigenvalue weighted by molar-refractivity contribution is 5.91. The third-order valence-corrected chi connectivity index (χ3v) is 2.86. The summed E-state index contributed by atoms with van der Waals surface area (Å²) in [5, 5.41) is 2.47. The summed E-state index contributed by atoms with van der Waals surface area (Å²) >= 11 is 0. The Kier molecular flexibility index (Phi) is 4.70. The lowest BCUT2D eigenvalue weighted by Gasteiger charge is -2.10. The summed E-state index contributed by atoms with van der Waals surface area (Å²) in [5.74, 6) is 0.115. The third-order valence-electron chi connectivity index (χ3n) is 2.86. The zero-order chi connectivity index (χ0) is 16.2. The predicted octanol–water partition coefficient (Wildman–Crippen LogP) is 4.03. The van der Waals surface area contributed by atoms with Crippen molar-refractivity contribution in [2.24, 2.45) is 0 Å². The molecule has 0 aliphatic rings.